The first-order chi connectivity index (χ1) is 10.7. The van der Waals surface area contributed by atoms with E-state index in [4.69, 9.17) is 4.99 Å². The van der Waals surface area contributed by atoms with E-state index in [1.807, 2.05) is 6.92 Å². The highest BCUT2D eigenvalue weighted by atomic mass is 16.1. The number of aliphatic imine (C=N–C) groups is 1. The fourth-order valence-electron chi connectivity index (χ4n) is 6.05. The summed E-state index contributed by atoms with van der Waals surface area (Å²) < 4.78 is 0. The summed E-state index contributed by atoms with van der Waals surface area (Å²) in [6.45, 7) is 4.10. The lowest BCUT2D eigenvalue weighted by Crippen LogP contribution is -2.64. The number of Topliss-reactive ketones (excluding diaryl/α,β-unsaturated/α-hetero) is 1. The van der Waals surface area contributed by atoms with E-state index in [0.29, 0.717) is 11.8 Å². The van der Waals surface area contributed by atoms with Crippen LogP contribution in [0.2, 0.25) is 0 Å². The maximum absolute atomic E-state index is 12.7. The molecule has 3 fully saturated rings. The van der Waals surface area contributed by atoms with Gasteiger partial charge in [-0.1, -0.05) is 18.2 Å². The number of carbonyl (C=O) groups excluding carboxylic acids is 1. The number of piperidine rings is 1. The predicted octanol–water partition coefficient (Wildman–Crippen LogP) is 3.25. The van der Waals surface area contributed by atoms with Crippen LogP contribution in [-0.4, -0.2) is 35.5 Å². The number of rotatable bonds is 1. The van der Waals surface area contributed by atoms with Gasteiger partial charge in [0.1, 0.15) is 5.78 Å². The van der Waals surface area contributed by atoms with Crippen LogP contribution in [0.1, 0.15) is 44.6 Å². The third-order valence-corrected chi connectivity index (χ3v) is 6.88. The molecule has 0 bridgehead atoms. The van der Waals surface area contributed by atoms with Gasteiger partial charge in [0.2, 0.25) is 0 Å². The van der Waals surface area contributed by atoms with Crippen LogP contribution in [0.25, 0.3) is 0 Å². The van der Waals surface area contributed by atoms with Crippen LogP contribution in [0, 0.1) is 5.41 Å². The average molecular weight is 294 g/mol. The molecule has 0 N–H and O–H groups in total. The molecular weight excluding hydrogens is 272 g/mol. The number of nitrogens with zero attached hydrogens (tertiary/aromatic N) is 2. The predicted molar refractivity (Wildman–Crippen MR) is 86.8 cm³/mol. The number of ketones is 1. The third-order valence-electron chi connectivity index (χ3n) is 6.88. The zero-order valence-electron chi connectivity index (χ0n) is 13.1. The smallest absolute Gasteiger partial charge is 0.137 e. The van der Waals surface area contributed by atoms with Gasteiger partial charge < -0.3 is 0 Å². The normalized spacial score (nSPS) is 39.0. The number of carbonyl (C=O) groups is 1. The molecule has 1 saturated carbocycles. The lowest BCUT2D eigenvalue weighted by atomic mass is 9.52. The van der Waals surface area contributed by atoms with Crippen molar-refractivity contribution < 1.29 is 4.79 Å². The molecule has 3 heterocycles. The molecule has 0 unspecified atom stereocenters. The van der Waals surface area contributed by atoms with E-state index in [0.717, 1.165) is 44.5 Å². The molecule has 1 aromatic carbocycles. The van der Waals surface area contributed by atoms with Crippen LogP contribution in [0.15, 0.2) is 29.3 Å². The van der Waals surface area contributed by atoms with Crippen LogP contribution in [0.3, 0.4) is 0 Å². The van der Waals surface area contributed by atoms with E-state index in [1.165, 1.54) is 17.7 Å². The Balaban J connectivity index is 1.77. The summed E-state index contributed by atoms with van der Waals surface area (Å²) in [4.78, 5) is 20.3. The van der Waals surface area contributed by atoms with Gasteiger partial charge in [-0.05, 0) is 63.7 Å². The second-order valence-electron chi connectivity index (χ2n) is 7.55. The van der Waals surface area contributed by atoms with Crippen molar-refractivity contribution in [1.29, 1.82) is 0 Å². The van der Waals surface area contributed by atoms with Crippen LogP contribution < -0.4 is 0 Å². The van der Waals surface area contributed by atoms with E-state index >= 15 is 0 Å². The zero-order valence-corrected chi connectivity index (χ0v) is 13.1. The number of para-hydroxylation sites is 1. The van der Waals surface area contributed by atoms with Gasteiger partial charge >= 0.3 is 0 Å². The Morgan fingerprint density at radius 2 is 2.09 bits per heavy atom. The Bertz CT molecular complexity index is 709. The molecule has 3 aliphatic heterocycles. The molecule has 0 amide bonds. The number of hydrogen-bond acceptors (Lipinski definition) is 3. The number of fused-ring (bicyclic) bond motifs is 1. The standard InChI is InChI=1S/C19H22N2O/c1-13(22)18-8-4-11-21-12-10-19(17(18)21)14-5-2-3-6-15(14)20-16(19)7-9-18/h2-3,5-6,17H,4,7-12H2,1H3/t17-,18-,19-/m1/s1. The fraction of sp³-hybridized carbons (Fsp3) is 0.579. The molecule has 1 aromatic rings. The Kier molecular flexibility index (Phi) is 2.41. The van der Waals surface area contributed by atoms with Crippen LogP contribution in [-0.2, 0) is 10.2 Å². The van der Waals surface area contributed by atoms with Gasteiger partial charge in [0.15, 0.2) is 0 Å². The molecular formula is C19H22N2O. The Morgan fingerprint density at radius 3 is 2.95 bits per heavy atom. The van der Waals surface area contributed by atoms with Crippen LogP contribution in [0.4, 0.5) is 5.69 Å². The van der Waals surface area contributed by atoms with E-state index in [9.17, 15) is 4.79 Å². The quantitative estimate of drug-likeness (QED) is 0.796. The monoisotopic (exact) mass is 294 g/mol. The van der Waals surface area contributed by atoms with Gasteiger partial charge in [-0.15, -0.1) is 0 Å². The second-order valence-corrected chi connectivity index (χ2v) is 7.55. The lowest BCUT2D eigenvalue weighted by Gasteiger charge is -2.55. The molecule has 2 saturated heterocycles. The lowest BCUT2D eigenvalue weighted by molar-refractivity contribution is -0.135. The van der Waals surface area contributed by atoms with Gasteiger partial charge in [-0.2, -0.15) is 0 Å². The topological polar surface area (TPSA) is 32.7 Å². The number of hydrogen-bond donors (Lipinski definition) is 0. The minimum absolute atomic E-state index is 0.0287. The van der Waals surface area contributed by atoms with E-state index in [-0.39, 0.29) is 10.8 Å². The van der Waals surface area contributed by atoms with Crippen molar-refractivity contribution in [3.05, 3.63) is 29.8 Å². The highest BCUT2D eigenvalue weighted by Crippen LogP contribution is 2.61. The van der Waals surface area contributed by atoms with Crippen molar-refractivity contribution in [2.75, 3.05) is 13.1 Å². The molecule has 0 aromatic heterocycles. The van der Waals surface area contributed by atoms with Gasteiger partial charge in [0.05, 0.1) is 11.1 Å². The summed E-state index contributed by atoms with van der Waals surface area (Å²) in [5, 5.41) is 0. The molecule has 114 valence electrons. The van der Waals surface area contributed by atoms with Crippen molar-refractivity contribution in [2.24, 2.45) is 10.4 Å². The molecule has 3 nitrogen and oxygen atoms in total. The molecule has 0 radical (unpaired) electrons. The van der Waals surface area contributed by atoms with Gasteiger partial charge in [-0.3, -0.25) is 14.7 Å². The van der Waals surface area contributed by atoms with E-state index in [1.54, 1.807) is 0 Å². The molecule has 1 aliphatic carbocycles. The first-order valence-corrected chi connectivity index (χ1v) is 8.61. The van der Waals surface area contributed by atoms with E-state index < -0.39 is 0 Å². The van der Waals surface area contributed by atoms with E-state index in [2.05, 4.69) is 29.2 Å². The molecule has 22 heavy (non-hydrogen) atoms. The highest BCUT2D eigenvalue weighted by Gasteiger charge is 2.66. The van der Waals surface area contributed by atoms with Gasteiger partial charge in [0, 0.05) is 17.2 Å². The van der Waals surface area contributed by atoms with Crippen LogP contribution in [0.5, 0.6) is 0 Å². The average Bonchev–Trinajstić information content (AvgIpc) is 3.08. The summed E-state index contributed by atoms with van der Waals surface area (Å²) in [6, 6.07) is 8.99. The summed E-state index contributed by atoms with van der Waals surface area (Å²) in [5.74, 6) is 0.409. The molecule has 1 spiro atoms. The van der Waals surface area contributed by atoms with Crippen molar-refractivity contribution in [1.82, 2.24) is 4.90 Å². The van der Waals surface area contributed by atoms with Gasteiger partial charge in [-0.25, -0.2) is 0 Å². The fourth-order valence-corrected chi connectivity index (χ4v) is 6.05. The summed E-state index contributed by atoms with van der Waals surface area (Å²) in [6.07, 6.45) is 5.38. The first-order valence-electron chi connectivity index (χ1n) is 8.61. The Labute approximate surface area is 131 Å². The number of benzene rings is 1. The maximum Gasteiger partial charge on any atom is 0.137 e. The molecule has 4 aliphatic rings. The SMILES string of the molecule is CC(=O)[C@@]12CCCN3CC[C@@]4(C(=Nc5ccccc54)CC1)[C@H]32. The van der Waals surface area contributed by atoms with Crippen molar-refractivity contribution in [3.63, 3.8) is 0 Å². The highest BCUT2D eigenvalue weighted by molar-refractivity contribution is 6.05. The largest absolute Gasteiger partial charge is 0.299 e. The maximum atomic E-state index is 12.7. The second kappa shape index (κ2) is 4.08. The first kappa shape index (κ1) is 13.0. The molecule has 3 atom stereocenters. The summed E-state index contributed by atoms with van der Waals surface area (Å²) in [7, 11) is 0. The minimum Gasteiger partial charge on any atom is -0.299 e. The third kappa shape index (κ3) is 1.28. The summed E-state index contributed by atoms with van der Waals surface area (Å²) in [5.41, 5.74) is 3.81. The molecule has 5 rings (SSSR count). The molecule has 3 heteroatoms. The summed E-state index contributed by atoms with van der Waals surface area (Å²) >= 11 is 0. The minimum atomic E-state index is -0.134. The van der Waals surface area contributed by atoms with Gasteiger partial charge in [0.25, 0.3) is 0 Å². The zero-order chi connectivity index (χ0) is 14.9. The Morgan fingerprint density at radius 1 is 1.23 bits per heavy atom. The van der Waals surface area contributed by atoms with Crippen molar-refractivity contribution >= 4 is 17.2 Å². The van der Waals surface area contributed by atoms with Crippen LogP contribution >= 0.6 is 0 Å². The van der Waals surface area contributed by atoms with Crippen molar-refractivity contribution in [2.45, 2.75) is 50.5 Å². The Hall–Kier alpha value is -1.48. The van der Waals surface area contributed by atoms with Crippen molar-refractivity contribution in [3.8, 4) is 0 Å².